The average Bonchev–Trinajstić information content (AvgIpc) is 2.98. The number of anilines is 2. The number of hydrogen-bond donors (Lipinski definition) is 3. The Bertz CT molecular complexity index is 1430. The van der Waals surface area contributed by atoms with Crippen molar-refractivity contribution < 1.29 is 18.8 Å². The first-order valence-electron chi connectivity index (χ1n) is 14.1. The van der Waals surface area contributed by atoms with E-state index in [0.29, 0.717) is 48.6 Å². The molecule has 3 aromatic carbocycles. The lowest BCUT2D eigenvalue weighted by Crippen LogP contribution is -2.49. The quantitative estimate of drug-likeness (QED) is 0.418. The molecule has 1 aliphatic carbocycles. The molecule has 1 saturated heterocycles. The van der Waals surface area contributed by atoms with Crippen molar-refractivity contribution in [2.45, 2.75) is 44.7 Å². The van der Waals surface area contributed by atoms with Crippen LogP contribution in [0.1, 0.15) is 62.3 Å². The number of piperazine rings is 1. The van der Waals surface area contributed by atoms with Gasteiger partial charge in [-0.2, -0.15) is 0 Å². The summed E-state index contributed by atoms with van der Waals surface area (Å²) in [6, 6.07) is 18.6. The van der Waals surface area contributed by atoms with Gasteiger partial charge in [0.2, 0.25) is 0 Å². The first-order chi connectivity index (χ1) is 19.8. The molecule has 0 atom stereocenters. The lowest BCUT2D eigenvalue weighted by atomic mass is 9.91. The molecule has 1 heterocycles. The van der Waals surface area contributed by atoms with Crippen molar-refractivity contribution in [1.82, 2.24) is 10.2 Å². The van der Waals surface area contributed by atoms with Crippen LogP contribution in [0.4, 0.5) is 15.8 Å². The van der Waals surface area contributed by atoms with Gasteiger partial charge in [-0.3, -0.25) is 14.4 Å². The highest BCUT2D eigenvalue weighted by atomic mass is 19.1. The van der Waals surface area contributed by atoms with Crippen molar-refractivity contribution in [1.29, 1.82) is 0 Å². The van der Waals surface area contributed by atoms with Crippen molar-refractivity contribution in [3.63, 3.8) is 0 Å². The Morgan fingerprint density at radius 3 is 2.20 bits per heavy atom. The van der Waals surface area contributed by atoms with Crippen LogP contribution in [0.15, 0.2) is 66.7 Å². The zero-order chi connectivity index (χ0) is 28.9. The summed E-state index contributed by atoms with van der Waals surface area (Å²) in [5, 5.41) is 6.14. The first kappa shape index (κ1) is 28.3. The van der Waals surface area contributed by atoms with E-state index < -0.39 is 5.82 Å². The van der Waals surface area contributed by atoms with E-state index >= 15 is 0 Å². The predicted octanol–water partition coefficient (Wildman–Crippen LogP) is 4.35. The van der Waals surface area contributed by atoms with Crippen LogP contribution in [-0.4, -0.2) is 60.9 Å². The maximum absolute atomic E-state index is 13.7. The van der Waals surface area contributed by atoms with Crippen LogP contribution in [0.2, 0.25) is 0 Å². The zero-order valence-electron chi connectivity index (χ0n) is 23.2. The standard InChI is InChI=1S/C32H36FN5O3/c1-21-4-2-5-22(18-21)31(40)36-28-20-23(30(39)35-27-11-9-26(34)10-12-27)8-13-29(28)37-14-16-38(17-15-37)32(41)24-6-3-7-25(33)19-24/h2-8,13,18-20,26-27H,9-12,14-17,34H2,1H3,(H,35,39)(H,36,40). The van der Waals surface area contributed by atoms with Crippen LogP contribution < -0.4 is 21.3 Å². The highest BCUT2D eigenvalue weighted by Crippen LogP contribution is 2.30. The maximum atomic E-state index is 13.7. The number of nitrogens with two attached hydrogens (primary N) is 1. The van der Waals surface area contributed by atoms with Gasteiger partial charge in [-0.1, -0.05) is 23.8 Å². The van der Waals surface area contributed by atoms with E-state index in [2.05, 4.69) is 15.5 Å². The Kier molecular flexibility index (Phi) is 8.64. The monoisotopic (exact) mass is 557 g/mol. The van der Waals surface area contributed by atoms with Crippen molar-refractivity contribution in [2.24, 2.45) is 5.73 Å². The summed E-state index contributed by atoms with van der Waals surface area (Å²) in [6.07, 6.45) is 3.46. The molecule has 5 rings (SSSR count). The van der Waals surface area contributed by atoms with E-state index in [1.807, 2.05) is 31.2 Å². The molecule has 3 amide bonds. The molecule has 9 heteroatoms. The molecule has 1 aliphatic heterocycles. The van der Waals surface area contributed by atoms with Crippen LogP contribution in [0.3, 0.4) is 0 Å². The fraction of sp³-hybridized carbons (Fsp3) is 0.344. The third-order valence-corrected chi connectivity index (χ3v) is 7.87. The van der Waals surface area contributed by atoms with Gasteiger partial charge in [0, 0.05) is 55.0 Å². The number of amides is 3. The first-order valence-corrected chi connectivity index (χ1v) is 14.1. The summed E-state index contributed by atoms with van der Waals surface area (Å²) in [6.45, 7) is 3.83. The summed E-state index contributed by atoms with van der Waals surface area (Å²) in [5.74, 6) is -1.12. The predicted molar refractivity (Wildman–Crippen MR) is 158 cm³/mol. The van der Waals surface area contributed by atoms with Gasteiger partial charge >= 0.3 is 0 Å². The number of hydrogen-bond acceptors (Lipinski definition) is 5. The number of nitrogens with zero attached hydrogens (tertiary/aromatic N) is 2. The summed E-state index contributed by atoms with van der Waals surface area (Å²) in [5.41, 5.74) is 9.58. The lowest BCUT2D eigenvalue weighted by molar-refractivity contribution is 0.0746. The van der Waals surface area contributed by atoms with Crippen LogP contribution in [0, 0.1) is 12.7 Å². The van der Waals surface area contributed by atoms with Gasteiger partial charge in [-0.25, -0.2) is 4.39 Å². The second-order valence-corrected chi connectivity index (χ2v) is 10.9. The molecule has 0 bridgehead atoms. The van der Waals surface area contributed by atoms with Gasteiger partial charge in [0.15, 0.2) is 0 Å². The summed E-state index contributed by atoms with van der Waals surface area (Å²) in [7, 11) is 0. The topological polar surface area (TPSA) is 108 Å². The SMILES string of the molecule is Cc1cccc(C(=O)Nc2cc(C(=O)NC3CCC(N)CC3)ccc2N2CCN(C(=O)c3cccc(F)c3)CC2)c1. The fourth-order valence-corrected chi connectivity index (χ4v) is 5.52. The highest BCUT2D eigenvalue weighted by molar-refractivity contribution is 6.07. The van der Waals surface area contributed by atoms with Crippen LogP contribution in [0.5, 0.6) is 0 Å². The van der Waals surface area contributed by atoms with E-state index in [1.54, 1.807) is 29.2 Å². The normalized spacial score (nSPS) is 19.0. The molecule has 4 N–H and O–H groups in total. The molecular formula is C32H36FN5O3. The number of aryl methyl sites for hydroxylation is 1. The van der Waals surface area contributed by atoms with E-state index in [1.165, 1.54) is 18.2 Å². The van der Waals surface area contributed by atoms with Crippen LogP contribution in [0.25, 0.3) is 0 Å². The molecular weight excluding hydrogens is 521 g/mol. The van der Waals surface area contributed by atoms with E-state index in [4.69, 9.17) is 5.73 Å². The van der Waals surface area contributed by atoms with Gasteiger partial charge in [0.25, 0.3) is 17.7 Å². The minimum atomic E-state index is -0.445. The Balaban J connectivity index is 1.34. The Labute approximate surface area is 239 Å². The molecule has 41 heavy (non-hydrogen) atoms. The minimum absolute atomic E-state index is 0.0796. The highest BCUT2D eigenvalue weighted by Gasteiger charge is 2.26. The van der Waals surface area contributed by atoms with Crippen LogP contribution >= 0.6 is 0 Å². The van der Waals surface area contributed by atoms with Crippen molar-refractivity contribution in [3.8, 4) is 0 Å². The molecule has 8 nitrogen and oxygen atoms in total. The fourth-order valence-electron chi connectivity index (χ4n) is 5.52. The molecule has 0 radical (unpaired) electrons. The second kappa shape index (κ2) is 12.5. The van der Waals surface area contributed by atoms with Gasteiger partial charge in [-0.15, -0.1) is 0 Å². The molecule has 0 spiro atoms. The second-order valence-electron chi connectivity index (χ2n) is 10.9. The Morgan fingerprint density at radius 1 is 0.805 bits per heavy atom. The largest absolute Gasteiger partial charge is 0.366 e. The molecule has 0 unspecified atom stereocenters. The van der Waals surface area contributed by atoms with E-state index in [-0.39, 0.29) is 29.8 Å². The lowest BCUT2D eigenvalue weighted by Gasteiger charge is -2.37. The molecule has 214 valence electrons. The number of benzene rings is 3. The van der Waals surface area contributed by atoms with Crippen LogP contribution in [-0.2, 0) is 0 Å². The van der Waals surface area contributed by atoms with Crippen molar-refractivity contribution in [2.75, 3.05) is 36.4 Å². The minimum Gasteiger partial charge on any atom is -0.366 e. The van der Waals surface area contributed by atoms with E-state index in [0.717, 1.165) is 36.9 Å². The average molecular weight is 558 g/mol. The Hall–Kier alpha value is -4.24. The number of rotatable bonds is 6. The summed E-state index contributed by atoms with van der Waals surface area (Å²) in [4.78, 5) is 43.1. The molecule has 0 aromatic heterocycles. The van der Waals surface area contributed by atoms with Crippen molar-refractivity contribution >= 4 is 29.1 Å². The third-order valence-electron chi connectivity index (χ3n) is 7.87. The van der Waals surface area contributed by atoms with Gasteiger partial charge in [0.05, 0.1) is 11.4 Å². The third kappa shape index (κ3) is 6.92. The number of halogens is 1. The number of carbonyl (C=O) groups is 3. The smallest absolute Gasteiger partial charge is 0.255 e. The van der Waals surface area contributed by atoms with Crippen molar-refractivity contribution in [3.05, 3.63) is 94.8 Å². The van der Waals surface area contributed by atoms with Gasteiger partial charge in [0.1, 0.15) is 5.82 Å². The number of nitrogens with one attached hydrogen (secondary N) is 2. The molecule has 2 aliphatic rings. The number of carbonyl (C=O) groups excluding carboxylic acids is 3. The summed E-state index contributed by atoms with van der Waals surface area (Å²) < 4.78 is 13.7. The Morgan fingerprint density at radius 2 is 1.49 bits per heavy atom. The molecule has 2 fully saturated rings. The van der Waals surface area contributed by atoms with E-state index in [9.17, 15) is 18.8 Å². The zero-order valence-corrected chi connectivity index (χ0v) is 23.2. The van der Waals surface area contributed by atoms with Gasteiger partial charge < -0.3 is 26.2 Å². The van der Waals surface area contributed by atoms with Gasteiger partial charge in [-0.05, 0) is 81.1 Å². The summed E-state index contributed by atoms with van der Waals surface area (Å²) >= 11 is 0. The molecule has 1 saturated carbocycles. The molecule has 3 aromatic rings. The maximum Gasteiger partial charge on any atom is 0.255 e.